The molecule has 0 fully saturated rings. The van der Waals surface area contributed by atoms with Crippen LogP contribution in [0.2, 0.25) is 0 Å². The predicted molar refractivity (Wildman–Crippen MR) is 75.8 cm³/mol. The number of hydrogen-bond acceptors (Lipinski definition) is 0. The fourth-order valence-electron chi connectivity index (χ4n) is 2.53. The van der Waals surface area contributed by atoms with Gasteiger partial charge in [-0.3, -0.25) is 0 Å². The Morgan fingerprint density at radius 3 is 2.41 bits per heavy atom. The summed E-state index contributed by atoms with van der Waals surface area (Å²) in [6, 6.07) is 15.1. The molecule has 0 saturated heterocycles. The van der Waals surface area contributed by atoms with E-state index >= 15 is 0 Å². The Bertz CT molecular complexity index is 645. The van der Waals surface area contributed by atoms with Gasteiger partial charge in [0.15, 0.2) is 0 Å². The molecule has 1 heterocycles. The van der Waals surface area contributed by atoms with E-state index in [0.717, 1.165) is 5.56 Å². The van der Waals surface area contributed by atoms with Crippen LogP contribution in [-0.2, 0) is 0 Å². The molecule has 84 valence electrons. The van der Waals surface area contributed by atoms with Crippen LogP contribution in [0.25, 0.3) is 11.1 Å². The number of terminal acetylenes is 1. The van der Waals surface area contributed by atoms with E-state index in [1.807, 2.05) is 0 Å². The minimum atomic E-state index is -0.858. The van der Waals surface area contributed by atoms with Crippen LogP contribution in [0, 0.1) is 12.3 Å². The molecule has 0 radical (unpaired) electrons. The van der Waals surface area contributed by atoms with Gasteiger partial charge in [0.2, 0.25) is 0 Å². The first-order valence-corrected chi connectivity index (χ1v) is 8.03. The molecule has 0 aromatic heterocycles. The lowest BCUT2D eigenvalue weighted by molar-refractivity contribution is 1.44. The Morgan fingerprint density at radius 2 is 1.65 bits per heavy atom. The molecule has 2 aromatic rings. The monoisotopic (exact) mass is 238 g/mol. The zero-order valence-corrected chi connectivity index (χ0v) is 10.8. The van der Waals surface area contributed by atoms with Crippen molar-refractivity contribution in [2.45, 2.75) is 9.79 Å². The fraction of sp³-hybridized carbons (Fsp3) is 0.125. The summed E-state index contributed by atoms with van der Waals surface area (Å²) in [5.74, 6) is 2.72. The van der Waals surface area contributed by atoms with Gasteiger partial charge in [0.25, 0.3) is 0 Å². The van der Waals surface area contributed by atoms with Crippen LogP contribution in [0.15, 0.2) is 52.3 Å². The summed E-state index contributed by atoms with van der Waals surface area (Å²) in [5.41, 5.74) is 3.66. The molecular formula is C16H14S. The Hall–Kier alpha value is -1.65. The normalized spacial score (nSPS) is 16.8. The molecule has 0 spiro atoms. The van der Waals surface area contributed by atoms with Crippen molar-refractivity contribution in [1.82, 2.24) is 0 Å². The third-order valence-corrected chi connectivity index (χ3v) is 6.33. The number of hydrogen-bond donors (Lipinski definition) is 0. The van der Waals surface area contributed by atoms with Crippen LogP contribution in [0.3, 0.4) is 0 Å². The van der Waals surface area contributed by atoms with Crippen LogP contribution >= 0.6 is 10.0 Å². The van der Waals surface area contributed by atoms with E-state index in [2.05, 4.69) is 60.9 Å². The van der Waals surface area contributed by atoms with Crippen LogP contribution in [0.1, 0.15) is 5.56 Å². The third kappa shape index (κ3) is 1.34. The smallest absolute Gasteiger partial charge is 0.0249 e. The van der Waals surface area contributed by atoms with E-state index in [-0.39, 0.29) is 0 Å². The molecule has 17 heavy (non-hydrogen) atoms. The highest BCUT2D eigenvalue weighted by atomic mass is 32.3. The summed E-state index contributed by atoms with van der Waals surface area (Å²) in [5, 5.41) is 0. The van der Waals surface area contributed by atoms with Gasteiger partial charge in [0.05, 0.1) is 0 Å². The summed E-state index contributed by atoms with van der Waals surface area (Å²) in [7, 11) is -0.858. The Balaban J connectivity index is 2.38. The maximum atomic E-state index is 5.49. The molecule has 0 amide bonds. The molecule has 0 atom stereocenters. The molecule has 0 nitrogen and oxygen atoms in total. The first kappa shape index (κ1) is 10.5. The molecule has 1 aliphatic rings. The van der Waals surface area contributed by atoms with Gasteiger partial charge in [-0.15, -0.1) is 6.42 Å². The van der Waals surface area contributed by atoms with Gasteiger partial charge in [0, 0.05) is 15.4 Å². The zero-order valence-electron chi connectivity index (χ0n) is 10.0. The highest BCUT2D eigenvalue weighted by Crippen LogP contribution is 2.67. The molecule has 2 aromatic carbocycles. The summed E-state index contributed by atoms with van der Waals surface area (Å²) >= 11 is 0. The molecule has 0 bridgehead atoms. The van der Waals surface area contributed by atoms with E-state index < -0.39 is 10.0 Å². The van der Waals surface area contributed by atoms with Gasteiger partial charge in [0.1, 0.15) is 0 Å². The van der Waals surface area contributed by atoms with Crippen molar-refractivity contribution in [3.63, 3.8) is 0 Å². The Kier molecular flexibility index (Phi) is 2.11. The summed E-state index contributed by atoms with van der Waals surface area (Å²) in [6.45, 7) is 0. The second-order valence-corrected chi connectivity index (χ2v) is 8.21. The molecule has 0 aliphatic carbocycles. The van der Waals surface area contributed by atoms with Crippen LogP contribution in [0.4, 0.5) is 0 Å². The van der Waals surface area contributed by atoms with Crippen molar-refractivity contribution >= 4 is 10.0 Å². The number of benzene rings is 2. The average molecular weight is 238 g/mol. The first-order valence-electron chi connectivity index (χ1n) is 5.58. The third-order valence-electron chi connectivity index (χ3n) is 3.42. The Morgan fingerprint density at radius 1 is 0.941 bits per heavy atom. The molecule has 0 N–H and O–H groups in total. The van der Waals surface area contributed by atoms with E-state index in [1.54, 1.807) is 0 Å². The van der Waals surface area contributed by atoms with Crippen LogP contribution in [-0.4, -0.2) is 12.5 Å². The van der Waals surface area contributed by atoms with Crippen LogP contribution < -0.4 is 0 Å². The van der Waals surface area contributed by atoms with E-state index in [9.17, 15) is 0 Å². The lowest BCUT2D eigenvalue weighted by atomic mass is 10.0. The Labute approximate surface area is 104 Å². The second-order valence-electron chi connectivity index (χ2n) is 4.68. The predicted octanol–water partition coefficient (Wildman–Crippen LogP) is 4.13. The minimum absolute atomic E-state index is 0.858. The average Bonchev–Trinajstić information content (AvgIpc) is 2.59. The molecular weight excluding hydrogens is 224 g/mol. The largest absolute Gasteiger partial charge is 0.192 e. The van der Waals surface area contributed by atoms with Crippen molar-refractivity contribution in [3.8, 4) is 23.5 Å². The van der Waals surface area contributed by atoms with Gasteiger partial charge in [-0.05, 0) is 47.9 Å². The molecule has 3 rings (SSSR count). The van der Waals surface area contributed by atoms with Crippen LogP contribution in [0.5, 0.6) is 0 Å². The van der Waals surface area contributed by atoms with E-state index in [1.165, 1.54) is 20.9 Å². The molecule has 1 aliphatic heterocycles. The van der Waals surface area contributed by atoms with Crippen molar-refractivity contribution in [3.05, 3.63) is 48.0 Å². The summed E-state index contributed by atoms with van der Waals surface area (Å²) < 4.78 is 0. The lowest BCUT2D eigenvalue weighted by Crippen LogP contribution is -1.92. The number of fused-ring (bicyclic) bond motifs is 3. The second kappa shape index (κ2) is 3.42. The van der Waals surface area contributed by atoms with Gasteiger partial charge >= 0.3 is 0 Å². The maximum Gasteiger partial charge on any atom is 0.0249 e. The fourth-order valence-corrected chi connectivity index (χ4v) is 5.04. The minimum Gasteiger partial charge on any atom is -0.192 e. The molecule has 0 saturated carbocycles. The van der Waals surface area contributed by atoms with Gasteiger partial charge in [-0.2, -0.15) is 10.0 Å². The molecule has 1 heteroatoms. The van der Waals surface area contributed by atoms with Crippen molar-refractivity contribution in [2.75, 3.05) is 12.5 Å². The number of rotatable bonds is 0. The molecule has 0 unspecified atom stereocenters. The maximum absolute atomic E-state index is 5.49. The lowest BCUT2D eigenvalue weighted by Gasteiger charge is -2.27. The summed E-state index contributed by atoms with van der Waals surface area (Å²) in [4.78, 5) is 2.93. The van der Waals surface area contributed by atoms with Crippen molar-refractivity contribution < 1.29 is 0 Å². The van der Waals surface area contributed by atoms with E-state index in [4.69, 9.17) is 6.42 Å². The van der Waals surface area contributed by atoms with E-state index in [0.29, 0.717) is 0 Å². The van der Waals surface area contributed by atoms with Crippen molar-refractivity contribution in [2.24, 2.45) is 0 Å². The zero-order chi connectivity index (χ0) is 12.0. The quantitative estimate of drug-likeness (QED) is 0.605. The topological polar surface area (TPSA) is 0 Å². The van der Waals surface area contributed by atoms with Gasteiger partial charge in [-0.1, -0.05) is 24.1 Å². The van der Waals surface area contributed by atoms with Gasteiger partial charge < -0.3 is 0 Å². The first-order chi connectivity index (χ1) is 8.14. The standard InChI is InChI=1S/C16H14S/c1-4-12-9-10-16-14(11-12)13-7-5-6-8-15(13)17(16,2)3/h1,5-11H,2-3H3. The SMILES string of the molecule is C#Cc1ccc2c(c1)-c1ccccc1S2(C)C. The van der Waals surface area contributed by atoms with Crippen molar-refractivity contribution in [1.29, 1.82) is 0 Å². The highest BCUT2D eigenvalue weighted by Gasteiger charge is 2.30. The highest BCUT2D eigenvalue weighted by molar-refractivity contribution is 8.33. The van der Waals surface area contributed by atoms with Gasteiger partial charge in [-0.25, -0.2) is 0 Å². The summed E-state index contributed by atoms with van der Waals surface area (Å²) in [6.07, 6.45) is 10.2.